The molecule has 0 aromatic heterocycles. The van der Waals surface area contributed by atoms with Crippen molar-refractivity contribution >= 4 is 21.6 Å². The Kier molecular flexibility index (Phi) is 4.92. The number of benzene rings is 1. The molecule has 118 valence electrons. The number of hydrogen-bond acceptors (Lipinski definition) is 3. The first-order chi connectivity index (χ1) is 9.73. The molecule has 1 aliphatic rings. The van der Waals surface area contributed by atoms with Crippen molar-refractivity contribution in [3.63, 3.8) is 0 Å². The summed E-state index contributed by atoms with van der Waals surface area (Å²) >= 11 is 5.94. The maximum absolute atomic E-state index is 13.4. The topological polar surface area (TPSA) is 40.6 Å². The van der Waals surface area contributed by atoms with E-state index >= 15 is 0 Å². The Balaban J connectivity index is 2.32. The zero-order valence-electron chi connectivity index (χ0n) is 12.4. The highest BCUT2D eigenvalue weighted by Gasteiger charge is 2.35. The summed E-state index contributed by atoms with van der Waals surface area (Å²) in [5.41, 5.74) is 0. The van der Waals surface area contributed by atoms with Gasteiger partial charge in [-0.05, 0) is 44.1 Å². The second kappa shape index (κ2) is 6.20. The van der Waals surface area contributed by atoms with E-state index in [4.69, 9.17) is 11.6 Å². The number of piperidine rings is 1. The van der Waals surface area contributed by atoms with Gasteiger partial charge in [0, 0.05) is 19.6 Å². The van der Waals surface area contributed by atoms with E-state index in [0.29, 0.717) is 0 Å². The minimum atomic E-state index is -3.80. The van der Waals surface area contributed by atoms with Crippen LogP contribution in [0, 0.1) is 11.7 Å². The number of hydrogen-bond donors (Lipinski definition) is 0. The molecule has 0 radical (unpaired) electrons. The van der Waals surface area contributed by atoms with E-state index < -0.39 is 15.8 Å². The summed E-state index contributed by atoms with van der Waals surface area (Å²) in [4.78, 5) is 2.01. The minimum Gasteiger partial charge on any atom is -0.306 e. The molecular formula is C14H20ClFN2O2S. The van der Waals surface area contributed by atoms with Crippen LogP contribution in [0.25, 0.3) is 0 Å². The predicted octanol–water partition coefficient (Wildman–Crippen LogP) is 2.44. The lowest BCUT2D eigenvalue weighted by Gasteiger charge is -2.39. The molecule has 4 nitrogen and oxygen atoms in total. The summed E-state index contributed by atoms with van der Waals surface area (Å²) in [6.07, 6.45) is 0.750. The molecule has 21 heavy (non-hydrogen) atoms. The zero-order valence-corrected chi connectivity index (χ0v) is 14.0. The normalized spacial score (nSPS) is 24.5. The number of likely N-dealkylation sites (tertiary alicyclic amines) is 1. The molecule has 0 unspecified atom stereocenters. The fourth-order valence-electron chi connectivity index (χ4n) is 2.89. The van der Waals surface area contributed by atoms with Crippen LogP contribution in [-0.4, -0.2) is 50.8 Å². The maximum Gasteiger partial charge on any atom is 0.244 e. The molecule has 1 saturated heterocycles. The van der Waals surface area contributed by atoms with Crippen LogP contribution < -0.4 is 0 Å². The largest absolute Gasteiger partial charge is 0.306 e. The molecule has 2 atom stereocenters. The van der Waals surface area contributed by atoms with Crippen molar-refractivity contribution in [2.75, 3.05) is 27.2 Å². The molecule has 1 aromatic carbocycles. The van der Waals surface area contributed by atoms with Crippen LogP contribution in [0.15, 0.2) is 23.1 Å². The van der Waals surface area contributed by atoms with Gasteiger partial charge in [-0.15, -0.1) is 0 Å². The highest BCUT2D eigenvalue weighted by atomic mass is 35.5. The van der Waals surface area contributed by atoms with Crippen LogP contribution in [0.5, 0.6) is 0 Å². The van der Waals surface area contributed by atoms with Gasteiger partial charge in [0.1, 0.15) is 10.7 Å². The average molecular weight is 335 g/mol. The standard InChI is InChI=1S/C14H20ClFN2O2S/c1-10-9-17(2)7-6-13(10)18(3)21(19,20)14-8-11(16)4-5-12(14)15/h4-5,8,10,13H,6-7,9H2,1-3H3/t10-,13+/m1/s1. The third-order valence-electron chi connectivity index (χ3n) is 4.08. The quantitative estimate of drug-likeness (QED) is 0.852. The highest BCUT2D eigenvalue weighted by molar-refractivity contribution is 7.89. The van der Waals surface area contributed by atoms with E-state index in [1.807, 2.05) is 14.0 Å². The monoisotopic (exact) mass is 334 g/mol. The molecule has 1 heterocycles. The van der Waals surface area contributed by atoms with Crippen LogP contribution in [0.4, 0.5) is 4.39 Å². The summed E-state index contributed by atoms with van der Waals surface area (Å²) in [7, 11) is -0.236. The van der Waals surface area contributed by atoms with Gasteiger partial charge in [-0.25, -0.2) is 12.8 Å². The Labute approximate surface area is 130 Å². The van der Waals surface area contributed by atoms with Gasteiger partial charge in [-0.1, -0.05) is 18.5 Å². The zero-order chi connectivity index (χ0) is 15.8. The maximum atomic E-state index is 13.4. The Morgan fingerprint density at radius 2 is 2.10 bits per heavy atom. The van der Waals surface area contributed by atoms with Crippen molar-refractivity contribution in [2.24, 2.45) is 5.92 Å². The molecule has 0 N–H and O–H groups in total. The van der Waals surface area contributed by atoms with Crippen molar-refractivity contribution in [3.8, 4) is 0 Å². The lowest BCUT2D eigenvalue weighted by Crippen LogP contribution is -2.49. The highest BCUT2D eigenvalue weighted by Crippen LogP contribution is 2.29. The van der Waals surface area contributed by atoms with Gasteiger partial charge in [0.25, 0.3) is 0 Å². The van der Waals surface area contributed by atoms with Crippen LogP contribution in [0.3, 0.4) is 0 Å². The van der Waals surface area contributed by atoms with Crippen LogP contribution in [-0.2, 0) is 10.0 Å². The first kappa shape index (κ1) is 16.7. The van der Waals surface area contributed by atoms with Crippen molar-refractivity contribution in [3.05, 3.63) is 29.0 Å². The molecule has 0 spiro atoms. The number of rotatable bonds is 3. The molecule has 1 fully saturated rings. The smallest absolute Gasteiger partial charge is 0.244 e. The molecule has 1 aliphatic heterocycles. The predicted molar refractivity (Wildman–Crippen MR) is 81.4 cm³/mol. The fraction of sp³-hybridized carbons (Fsp3) is 0.571. The van der Waals surface area contributed by atoms with E-state index in [2.05, 4.69) is 4.90 Å². The van der Waals surface area contributed by atoms with Crippen molar-refractivity contribution < 1.29 is 12.8 Å². The molecule has 0 bridgehead atoms. The van der Waals surface area contributed by atoms with Gasteiger partial charge in [0.15, 0.2) is 0 Å². The van der Waals surface area contributed by atoms with Gasteiger partial charge in [-0.3, -0.25) is 0 Å². The van der Waals surface area contributed by atoms with Crippen molar-refractivity contribution in [2.45, 2.75) is 24.3 Å². The van der Waals surface area contributed by atoms with Gasteiger partial charge in [0.05, 0.1) is 5.02 Å². The van der Waals surface area contributed by atoms with Gasteiger partial charge in [-0.2, -0.15) is 4.31 Å². The molecule has 2 rings (SSSR count). The summed E-state index contributed by atoms with van der Waals surface area (Å²) in [6.45, 7) is 3.70. The van der Waals surface area contributed by atoms with Crippen LogP contribution in [0.1, 0.15) is 13.3 Å². The SMILES string of the molecule is C[C@@H]1CN(C)CC[C@@H]1N(C)S(=O)(=O)c1cc(F)ccc1Cl. The van der Waals surface area contributed by atoms with Crippen molar-refractivity contribution in [1.82, 2.24) is 9.21 Å². The molecule has 0 aliphatic carbocycles. The fourth-order valence-corrected chi connectivity index (χ4v) is 4.86. The van der Waals surface area contributed by atoms with E-state index in [0.717, 1.165) is 31.6 Å². The summed E-state index contributed by atoms with van der Waals surface area (Å²) in [5.74, 6) is -0.404. The number of halogens is 2. The first-order valence-electron chi connectivity index (χ1n) is 6.85. The van der Waals surface area contributed by atoms with E-state index in [9.17, 15) is 12.8 Å². The van der Waals surface area contributed by atoms with Crippen molar-refractivity contribution in [1.29, 1.82) is 0 Å². The molecule has 1 aromatic rings. The molecule has 7 heteroatoms. The minimum absolute atomic E-state index is 0.0452. The van der Waals surface area contributed by atoms with E-state index in [1.165, 1.54) is 10.4 Å². The first-order valence-corrected chi connectivity index (χ1v) is 8.67. The second-order valence-corrected chi connectivity index (χ2v) is 8.06. The van der Waals surface area contributed by atoms with Crippen LogP contribution >= 0.6 is 11.6 Å². The molecule has 0 saturated carbocycles. The lowest BCUT2D eigenvalue weighted by atomic mass is 9.94. The lowest BCUT2D eigenvalue weighted by molar-refractivity contribution is 0.139. The van der Waals surface area contributed by atoms with Gasteiger partial charge >= 0.3 is 0 Å². The van der Waals surface area contributed by atoms with Crippen LogP contribution in [0.2, 0.25) is 5.02 Å². The third kappa shape index (κ3) is 3.39. The van der Waals surface area contributed by atoms with Gasteiger partial charge in [0.2, 0.25) is 10.0 Å². The summed E-state index contributed by atoms with van der Waals surface area (Å²) in [6, 6.07) is 3.30. The Hall–Kier alpha value is -0.690. The Morgan fingerprint density at radius 1 is 1.43 bits per heavy atom. The summed E-state index contributed by atoms with van der Waals surface area (Å²) < 4.78 is 40.1. The second-order valence-electron chi connectivity index (χ2n) is 5.69. The van der Waals surface area contributed by atoms with Gasteiger partial charge < -0.3 is 4.90 Å². The summed E-state index contributed by atoms with van der Waals surface area (Å²) in [5, 5.41) is 0.0452. The molecule has 0 amide bonds. The van der Waals surface area contributed by atoms with E-state index in [1.54, 1.807) is 7.05 Å². The third-order valence-corrected chi connectivity index (χ3v) is 6.44. The molecular weight excluding hydrogens is 315 g/mol. The van der Waals surface area contributed by atoms with E-state index in [-0.39, 0.29) is 21.9 Å². The Bertz CT molecular complexity index is 623. The number of sulfonamides is 1. The average Bonchev–Trinajstić information content (AvgIpc) is 2.40. The number of nitrogens with zero attached hydrogens (tertiary/aromatic N) is 2. The Morgan fingerprint density at radius 3 is 2.71 bits per heavy atom.